The third-order valence-electron chi connectivity index (χ3n) is 4.79. The van der Waals surface area contributed by atoms with Crippen molar-refractivity contribution >= 4 is 28.3 Å². The van der Waals surface area contributed by atoms with E-state index in [1.54, 1.807) is 30.5 Å². The summed E-state index contributed by atoms with van der Waals surface area (Å²) < 4.78 is 7.39. The minimum Gasteiger partial charge on any atom is -0.493 e. The Morgan fingerprint density at radius 3 is 2.58 bits per heavy atom. The van der Waals surface area contributed by atoms with E-state index in [4.69, 9.17) is 4.74 Å². The van der Waals surface area contributed by atoms with Crippen LogP contribution >= 0.6 is 11.3 Å². The molecular formula is C24H23N5O3S. The topological polar surface area (TPSA) is 98.1 Å². The zero-order valence-corrected chi connectivity index (χ0v) is 19.1. The number of aromatic nitrogens is 3. The molecule has 0 atom stereocenters. The average molecular weight is 462 g/mol. The quantitative estimate of drug-likeness (QED) is 0.414. The van der Waals surface area contributed by atoms with Gasteiger partial charge in [0.1, 0.15) is 5.75 Å². The van der Waals surface area contributed by atoms with Gasteiger partial charge in [-0.3, -0.25) is 9.59 Å². The lowest BCUT2D eigenvalue weighted by atomic mass is 10.1. The molecule has 2 aromatic heterocycles. The van der Waals surface area contributed by atoms with E-state index in [0.717, 1.165) is 22.0 Å². The Kier molecular flexibility index (Phi) is 6.80. The van der Waals surface area contributed by atoms with Crippen LogP contribution in [0.3, 0.4) is 0 Å². The van der Waals surface area contributed by atoms with Gasteiger partial charge in [0.05, 0.1) is 29.3 Å². The first kappa shape index (κ1) is 22.2. The summed E-state index contributed by atoms with van der Waals surface area (Å²) in [6, 6.07) is 16.6. The van der Waals surface area contributed by atoms with Crippen LogP contribution < -0.4 is 15.4 Å². The minimum absolute atomic E-state index is 0.197. The van der Waals surface area contributed by atoms with Gasteiger partial charge in [-0.1, -0.05) is 53.8 Å². The second-order valence-electron chi connectivity index (χ2n) is 7.08. The molecule has 0 aliphatic heterocycles. The zero-order valence-electron chi connectivity index (χ0n) is 18.2. The number of hydrogen-bond donors (Lipinski definition) is 2. The van der Waals surface area contributed by atoms with Crippen LogP contribution in [0.5, 0.6) is 5.75 Å². The minimum atomic E-state index is -0.382. The third-order valence-corrected chi connectivity index (χ3v) is 5.75. The summed E-state index contributed by atoms with van der Waals surface area (Å²) in [4.78, 5) is 35.0. The van der Waals surface area contributed by atoms with Crippen LogP contribution in [0, 0.1) is 0 Å². The molecule has 0 fully saturated rings. The van der Waals surface area contributed by atoms with Crippen LogP contribution in [0.4, 0.5) is 5.13 Å². The summed E-state index contributed by atoms with van der Waals surface area (Å²) >= 11 is 1.34. The monoisotopic (exact) mass is 461 g/mol. The van der Waals surface area contributed by atoms with Gasteiger partial charge in [0.2, 0.25) is 5.91 Å². The number of para-hydroxylation sites is 1. The summed E-state index contributed by atoms with van der Waals surface area (Å²) in [7, 11) is 1.91. The molecule has 168 valence electrons. The van der Waals surface area contributed by atoms with Crippen LogP contribution in [-0.4, -0.2) is 39.5 Å². The number of rotatable bonds is 8. The van der Waals surface area contributed by atoms with Crippen LogP contribution in [0.1, 0.15) is 17.3 Å². The van der Waals surface area contributed by atoms with Crippen molar-refractivity contribution in [2.75, 3.05) is 18.5 Å². The predicted molar refractivity (Wildman–Crippen MR) is 128 cm³/mol. The van der Waals surface area contributed by atoms with Crippen LogP contribution in [-0.2, 0) is 11.8 Å². The first-order chi connectivity index (χ1) is 16.1. The molecule has 0 spiro atoms. The van der Waals surface area contributed by atoms with Crippen molar-refractivity contribution in [1.29, 1.82) is 0 Å². The van der Waals surface area contributed by atoms with Crippen LogP contribution in [0.25, 0.3) is 22.0 Å². The molecule has 0 saturated heterocycles. The van der Waals surface area contributed by atoms with Gasteiger partial charge >= 0.3 is 0 Å². The van der Waals surface area contributed by atoms with E-state index in [9.17, 15) is 9.59 Å². The van der Waals surface area contributed by atoms with E-state index < -0.39 is 0 Å². The van der Waals surface area contributed by atoms with E-state index in [0.29, 0.717) is 23.1 Å². The second kappa shape index (κ2) is 10.1. The largest absolute Gasteiger partial charge is 0.493 e. The Bertz CT molecular complexity index is 1270. The van der Waals surface area contributed by atoms with E-state index in [1.807, 2.05) is 55.1 Å². The SMILES string of the molecule is CCOc1ccccc1C(=O)NCC(=O)Nc1nc(-c2ccccc2)c(-c2nccn2C)s1. The highest BCUT2D eigenvalue weighted by Crippen LogP contribution is 2.38. The van der Waals surface area contributed by atoms with E-state index >= 15 is 0 Å². The van der Waals surface area contributed by atoms with E-state index in [2.05, 4.69) is 20.6 Å². The summed E-state index contributed by atoms with van der Waals surface area (Å²) in [5, 5.41) is 5.85. The second-order valence-corrected chi connectivity index (χ2v) is 8.08. The number of thiazole rings is 1. The Morgan fingerprint density at radius 2 is 1.85 bits per heavy atom. The molecule has 2 N–H and O–H groups in total. The number of imidazole rings is 1. The Balaban J connectivity index is 1.49. The molecule has 0 aliphatic rings. The molecule has 4 aromatic rings. The maximum atomic E-state index is 12.6. The number of benzene rings is 2. The number of aryl methyl sites for hydroxylation is 1. The molecule has 4 rings (SSSR count). The van der Waals surface area contributed by atoms with Crippen molar-refractivity contribution in [1.82, 2.24) is 19.9 Å². The van der Waals surface area contributed by atoms with Gasteiger partial charge in [0.25, 0.3) is 5.91 Å². The van der Waals surface area contributed by atoms with Gasteiger partial charge in [-0.05, 0) is 19.1 Å². The summed E-state index contributed by atoms with van der Waals surface area (Å²) in [6.07, 6.45) is 3.58. The van der Waals surface area contributed by atoms with Crippen molar-refractivity contribution in [3.63, 3.8) is 0 Å². The third kappa shape index (κ3) is 5.09. The molecule has 0 aliphatic carbocycles. The number of carbonyl (C=O) groups excluding carboxylic acids is 2. The normalized spacial score (nSPS) is 10.6. The van der Waals surface area contributed by atoms with E-state index in [-0.39, 0.29) is 18.4 Å². The maximum absolute atomic E-state index is 12.6. The molecule has 0 saturated carbocycles. The molecule has 2 amide bonds. The van der Waals surface area contributed by atoms with Gasteiger partial charge < -0.3 is 19.9 Å². The highest BCUT2D eigenvalue weighted by molar-refractivity contribution is 7.19. The van der Waals surface area contributed by atoms with Crippen molar-refractivity contribution in [3.8, 4) is 27.7 Å². The first-order valence-corrected chi connectivity index (χ1v) is 11.2. The lowest BCUT2D eigenvalue weighted by Gasteiger charge is -2.10. The number of amides is 2. The van der Waals surface area contributed by atoms with E-state index in [1.165, 1.54) is 11.3 Å². The van der Waals surface area contributed by atoms with Gasteiger partial charge in [-0.25, -0.2) is 9.97 Å². The Labute approximate surface area is 195 Å². The predicted octanol–water partition coefficient (Wildman–Crippen LogP) is 3.98. The highest BCUT2D eigenvalue weighted by Gasteiger charge is 2.19. The van der Waals surface area contributed by atoms with Crippen LogP contribution in [0.2, 0.25) is 0 Å². The number of hydrogen-bond acceptors (Lipinski definition) is 6. The van der Waals surface area contributed by atoms with Crippen molar-refractivity contribution < 1.29 is 14.3 Å². The molecule has 33 heavy (non-hydrogen) atoms. The first-order valence-electron chi connectivity index (χ1n) is 10.4. The number of carbonyl (C=O) groups is 2. The fourth-order valence-electron chi connectivity index (χ4n) is 3.26. The van der Waals surface area contributed by atoms with Crippen molar-refractivity contribution in [3.05, 3.63) is 72.6 Å². The highest BCUT2D eigenvalue weighted by atomic mass is 32.1. The zero-order chi connectivity index (χ0) is 23.2. The van der Waals surface area contributed by atoms with Crippen molar-refractivity contribution in [2.45, 2.75) is 6.92 Å². The maximum Gasteiger partial charge on any atom is 0.255 e. The summed E-state index contributed by atoms with van der Waals surface area (Å²) in [6.45, 7) is 2.09. The lowest BCUT2D eigenvalue weighted by molar-refractivity contribution is -0.115. The summed E-state index contributed by atoms with van der Waals surface area (Å²) in [5.74, 6) is 0.474. The molecule has 2 aromatic carbocycles. The molecule has 0 radical (unpaired) electrons. The van der Waals surface area contributed by atoms with Gasteiger partial charge in [0.15, 0.2) is 11.0 Å². The number of anilines is 1. The van der Waals surface area contributed by atoms with Gasteiger partial charge in [0, 0.05) is 25.0 Å². The molecule has 2 heterocycles. The molecule has 9 heteroatoms. The standard InChI is InChI=1S/C24H23N5O3S/c1-3-32-18-12-8-7-11-17(18)23(31)26-15-19(30)27-24-28-20(16-9-5-4-6-10-16)21(33-24)22-25-13-14-29(22)2/h4-14H,3,15H2,1-2H3,(H,26,31)(H,27,28,30). The Morgan fingerprint density at radius 1 is 1.09 bits per heavy atom. The van der Waals surface area contributed by atoms with Crippen LogP contribution in [0.15, 0.2) is 67.0 Å². The lowest BCUT2D eigenvalue weighted by Crippen LogP contribution is -2.33. The number of ether oxygens (including phenoxy) is 1. The molecular weight excluding hydrogens is 438 g/mol. The Hall–Kier alpha value is -3.98. The fraction of sp³-hybridized carbons (Fsp3) is 0.167. The average Bonchev–Trinajstić information content (AvgIpc) is 3.44. The smallest absolute Gasteiger partial charge is 0.255 e. The molecule has 0 unspecified atom stereocenters. The number of nitrogens with zero attached hydrogens (tertiary/aromatic N) is 3. The van der Waals surface area contributed by atoms with Gasteiger partial charge in [-0.2, -0.15) is 0 Å². The van der Waals surface area contributed by atoms with Crippen molar-refractivity contribution in [2.24, 2.45) is 7.05 Å². The number of nitrogens with one attached hydrogen (secondary N) is 2. The molecule has 0 bridgehead atoms. The summed E-state index contributed by atoms with van der Waals surface area (Å²) in [5.41, 5.74) is 2.04. The fourth-order valence-corrected chi connectivity index (χ4v) is 4.30. The van der Waals surface area contributed by atoms with Gasteiger partial charge in [-0.15, -0.1) is 0 Å². The molecule has 8 nitrogen and oxygen atoms in total.